The van der Waals surface area contributed by atoms with Gasteiger partial charge in [-0.25, -0.2) is 9.97 Å². The summed E-state index contributed by atoms with van der Waals surface area (Å²) >= 11 is 1.28. The molecular formula is C11H14N4O6S2. The Kier molecular flexibility index (Phi) is 4.22. The lowest BCUT2D eigenvalue weighted by atomic mass is 10.0. The van der Waals surface area contributed by atoms with Crippen LogP contribution in [0.25, 0.3) is 10.2 Å². The number of ether oxygens (including phenoxy) is 1. The van der Waals surface area contributed by atoms with Gasteiger partial charge < -0.3 is 20.7 Å². The van der Waals surface area contributed by atoms with Crippen LogP contribution in [0.3, 0.4) is 0 Å². The summed E-state index contributed by atoms with van der Waals surface area (Å²) in [4.78, 5) is 7.98. The maximum atomic E-state index is 10.7. The van der Waals surface area contributed by atoms with Crippen LogP contribution in [0, 0.1) is 0 Å². The van der Waals surface area contributed by atoms with Crippen molar-refractivity contribution in [2.24, 2.45) is 0 Å². The number of aliphatic hydroxyl groups is 2. The van der Waals surface area contributed by atoms with Gasteiger partial charge in [-0.15, -0.1) is 11.3 Å². The molecule has 2 aromatic heterocycles. The molecule has 1 saturated heterocycles. The van der Waals surface area contributed by atoms with Gasteiger partial charge in [0.1, 0.15) is 36.6 Å². The highest BCUT2D eigenvalue weighted by atomic mass is 32.2. The van der Waals surface area contributed by atoms with Gasteiger partial charge in [0, 0.05) is 12.1 Å². The zero-order chi connectivity index (χ0) is 16.8. The number of aromatic nitrogens is 2. The number of hydrogen-bond donors (Lipinski definition) is 5. The first-order valence-corrected chi connectivity index (χ1v) is 8.81. The SMILES string of the molecule is Nc1ncnc2c([C@@H]3O[C@H](CNS(=O)(=O)O)[C@@H](O)[C@H]3O)csc12. The van der Waals surface area contributed by atoms with Crippen LogP contribution in [0.15, 0.2) is 11.7 Å². The molecule has 12 heteroatoms. The maximum absolute atomic E-state index is 10.7. The molecule has 4 atom stereocenters. The largest absolute Gasteiger partial charge is 0.388 e. The summed E-state index contributed by atoms with van der Waals surface area (Å²) in [6, 6.07) is 0. The summed E-state index contributed by atoms with van der Waals surface area (Å²) in [6.07, 6.45) is -3.25. The number of nitrogens with two attached hydrogens (primary N) is 1. The van der Waals surface area contributed by atoms with Crippen LogP contribution in [0.4, 0.5) is 5.82 Å². The summed E-state index contributed by atoms with van der Waals surface area (Å²) in [7, 11) is -4.42. The van der Waals surface area contributed by atoms with E-state index in [-0.39, 0.29) is 6.54 Å². The molecule has 23 heavy (non-hydrogen) atoms. The number of aliphatic hydroxyl groups excluding tert-OH is 2. The Morgan fingerprint density at radius 2 is 2.09 bits per heavy atom. The first-order chi connectivity index (χ1) is 10.8. The number of fused-ring (bicyclic) bond motifs is 1. The molecule has 1 fully saturated rings. The highest BCUT2D eigenvalue weighted by Crippen LogP contribution is 2.39. The maximum Gasteiger partial charge on any atom is 0.333 e. The molecule has 1 aliphatic rings. The monoisotopic (exact) mass is 362 g/mol. The van der Waals surface area contributed by atoms with Crippen LogP contribution in [0.1, 0.15) is 11.7 Å². The van der Waals surface area contributed by atoms with E-state index >= 15 is 0 Å². The number of nitrogens with zero attached hydrogens (tertiary/aromatic N) is 2. The van der Waals surface area contributed by atoms with Crippen molar-refractivity contribution in [1.29, 1.82) is 0 Å². The predicted molar refractivity (Wildman–Crippen MR) is 81.0 cm³/mol. The first-order valence-electron chi connectivity index (χ1n) is 6.49. The second-order valence-electron chi connectivity index (χ2n) is 5.03. The average Bonchev–Trinajstić information content (AvgIpc) is 3.01. The van der Waals surface area contributed by atoms with Gasteiger partial charge in [-0.3, -0.25) is 4.55 Å². The molecule has 0 amide bonds. The minimum atomic E-state index is -4.42. The number of nitrogens with one attached hydrogen (secondary N) is 1. The molecule has 0 aliphatic carbocycles. The van der Waals surface area contributed by atoms with Gasteiger partial charge in [0.15, 0.2) is 0 Å². The highest BCUT2D eigenvalue weighted by molar-refractivity contribution is 7.83. The fourth-order valence-corrected chi connectivity index (χ4v) is 3.77. The van der Waals surface area contributed by atoms with Gasteiger partial charge in [-0.2, -0.15) is 13.1 Å². The van der Waals surface area contributed by atoms with Crippen molar-refractivity contribution in [1.82, 2.24) is 14.7 Å². The summed E-state index contributed by atoms with van der Waals surface area (Å²) in [5.41, 5.74) is 6.78. The molecule has 3 heterocycles. The van der Waals surface area contributed by atoms with Crippen LogP contribution in [-0.4, -0.2) is 58.0 Å². The van der Waals surface area contributed by atoms with E-state index in [9.17, 15) is 18.6 Å². The van der Waals surface area contributed by atoms with Crippen LogP contribution in [0.5, 0.6) is 0 Å². The van der Waals surface area contributed by atoms with Gasteiger partial charge >= 0.3 is 10.3 Å². The van der Waals surface area contributed by atoms with Gasteiger partial charge in [0.25, 0.3) is 0 Å². The van der Waals surface area contributed by atoms with Crippen molar-refractivity contribution in [2.45, 2.75) is 24.4 Å². The fraction of sp³-hybridized carbons (Fsp3) is 0.455. The van der Waals surface area contributed by atoms with E-state index in [1.165, 1.54) is 17.7 Å². The first kappa shape index (κ1) is 16.4. The van der Waals surface area contributed by atoms with E-state index in [1.807, 2.05) is 4.72 Å². The Hall–Kier alpha value is -1.41. The second kappa shape index (κ2) is 5.90. The zero-order valence-electron chi connectivity index (χ0n) is 11.5. The van der Waals surface area contributed by atoms with Crippen molar-refractivity contribution in [3.63, 3.8) is 0 Å². The summed E-state index contributed by atoms with van der Waals surface area (Å²) in [5.74, 6) is 0.295. The van der Waals surface area contributed by atoms with Gasteiger partial charge in [-0.1, -0.05) is 0 Å². The number of hydrogen-bond acceptors (Lipinski definition) is 9. The van der Waals surface area contributed by atoms with E-state index in [0.717, 1.165) is 0 Å². The second-order valence-corrected chi connectivity index (χ2v) is 7.15. The molecule has 126 valence electrons. The standard InChI is InChI=1S/C11H14N4O6S2/c12-11-10-6(13-3-14-11)4(2-22-10)9-8(17)7(16)5(21-9)1-15-23(18,19)20/h2-3,5,7-9,15-17H,1H2,(H2,12,13,14)(H,18,19,20)/t5-,7-,8-,9+/m1/s1. The number of thiophene rings is 1. The molecule has 10 nitrogen and oxygen atoms in total. The van der Waals surface area contributed by atoms with Crippen molar-refractivity contribution in [3.05, 3.63) is 17.3 Å². The van der Waals surface area contributed by atoms with Crippen LogP contribution >= 0.6 is 11.3 Å². The normalized spacial score (nSPS) is 28.5. The third kappa shape index (κ3) is 3.14. The van der Waals surface area contributed by atoms with Gasteiger partial charge in [0.2, 0.25) is 0 Å². The van der Waals surface area contributed by atoms with E-state index in [1.54, 1.807) is 5.38 Å². The number of rotatable bonds is 4. The third-order valence-electron chi connectivity index (χ3n) is 3.54. The topological polar surface area (TPSA) is 168 Å². The molecule has 0 aromatic carbocycles. The lowest BCUT2D eigenvalue weighted by molar-refractivity contribution is 0.0107. The lowest BCUT2D eigenvalue weighted by Gasteiger charge is -2.13. The molecule has 0 saturated carbocycles. The Labute approximate surface area is 134 Å². The van der Waals surface area contributed by atoms with Gasteiger partial charge in [-0.05, 0) is 5.38 Å². The van der Waals surface area contributed by atoms with Crippen LogP contribution in [0.2, 0.25) is 0 Å². The van der Waals surface area contributed by atoms with Crippen molar-refractivity contribution in [3.8, 4) is 0 Å². The molecule has 0 bridgehead atoms. The molecule has 2 aromatic rings. The molecule has 1 aliphatic heterocycles. The molecule has 6 N–H and O–H groups in total. The molecule has 0 radical (unpaired) electrons. The average molecular weight is 362 g/mol. The van der Waals surface area contributed by atoms with Crippen LogP contribution < -0.4 is 10.5 Å². The number of anilines is 1. The molecular weight excluding hydrogens is 348 g/mol. The summed E-state index contributed by atoms with van der Waals surface area (Å²) in [6.45, 7) is -0.382. The highest BCUT2D eigenvalue weighted by Gasteiger charge is 2.44. The minimum Gasteiger partial charge on any atom is -0.388 e. The lowest BCUT2D eigenvalue weighted by Crippen LogP contribution is -2.39. The van der Waals surface area contributed by atoms with Crippen molar-refractivity contribution < 1.29 is 27.9 Å². The quantitative estimate of drug-likeness (QED) is 0.421. The van der Waals surface area contributed by atoms with E-state index in [0.29, 0.717) is 21.6 Å². The third-order valence-corrected chi connectivity index (χ3v) is 5.09. The van der Waals surface area contributed by atoms with Crippen molar-refractivity contribution >= 4 is 37.7 Å². The minimum absolute atomic E-state index is 0.295. The van der Waals surface area contributed by atoms with Crippen molar-refractivity contribution in [2.75, 3.05) is 12.3 Å². The molecule has 3 rings (SSSR count). The van der Waals surface area contributed by atoms with Crippen LogP contribution in [-0.2, 0) is 15.0 Å². The summed E-state index contributed by atoms with van der Waals surface area (Å²) < 4.78 is 38.1. The van der Waals surface area contributed by atoms with E-state index in [2.05, 4.69) is 9.97 Å². The Balaban J connectivity index is 1.86. The number of nitrogen functional groups attached to an aromatic ring is 1. The molecule has 0 spiro atoms. The Morgan fingerprint density at radius 3 is 2.78 bits per heavy atom. The van der Waals surface area contributed by atoms with Gasteiger partial charge in [0.05, 0.1) is 10.2 Å². The Bertz CT molecular complexity index is 825. The summed E-state index contributed by atoms with van der Waals surface area (Å²) in [5, 5.41) is 21.9. The smallest absolute Gasteiger partial charge is 0.333 e. The zero-order valence-corrected chi connectivity index (χ0v) is 13.2. The Morgan fingerprint density at radius 1 is 1.35 bits per heavy atom. The molecule has 0 unspecified atom stereocenters. The fourth-order valence-electron chi connectivity index (χ4n) is 2.45. The van der Waals surface area contributed by atoms with E-state index in [4.69, 9.17) is 15.0 Å². The predicted octanol–water partition coefficient (Wildman–Crippen LogP) is -1.17. The van der Waals surface area contributed by atoms with E-state index < -0.39 is 34.7 Å².